The summed E-state index contributed by atoms with van der Waals surface area (Å²) in [6, 6.07) is 7.07. The first-order valence-electron chi connectivity index (χ1n) is 3.63. The fourth-order valence-electron chi connectivity index (χ4n) is 0.950. The van der Waals surface area contributed by atoms with Gasteiger partial charge in [-0.15, -0.1) is 0 Å². The molecular formula is C10H10O2. The Kier molecular flexibility index (Phi) is 2.64. The SMILES string of the molecule is C=COc1ccccc1C(C)=O. The molecule has 1 aromatic rings. The second-order valence-electron chi connectivity index (χ2n) is 2.34. The minimum absolute atomic E-state index is 0.00699. The van der Waals surface area contributed by atoms with Crippen molar-refractivity contribution in [1.82, 2.24) is 0 Å². The number of rotatable bonds is 3. The lowest BCUT2D eigenvalue weighted by atomic mass is 10.1. The molecular weight excluding hydrogens is 152 g/mol. The molecule has 0 aliphatic heterocycles. The monoisotopic (exact) mass is 162 g/mol. The molecule has 1 rings (SSSR count). The largest absolute Gasteiger partial charge is 0.465 e. The van der Waals surface area contributed by atoms with Gasteiger partial charge >= 0.3 is 0 Å². The molecule has 0 aliphatic carbocycles. The van der Waals surface area contributed by atoms with Crippen LogP contribution in [0.1, 0.15) is 17.3 Å². The zero-order valence-electron chi connectivity index (χ0n) is 6.91. The van der Waals surface area contributed by atoms with Gasteiger partial charge in [-0.2, -0.15) is 0 Å². The summed E-state index contributed by atoms with van der Waals surface area (Å²) >= 11 is 0. The van der Waals surface area contributed by atoms with E-state index in [9.17, 15) is 4.79 Å². The highest BCUT2D eigenvalue weighted by molar-refractivity contribution is 5.96. The van der Waals surface area contributed by atoms with E-state index in [-0.39, 0.29) is 5.78 Å². The average Bonchev–Trinajstić information content (AvgIpc) is 2.05. The van der Waals surface area contributed by atoms with Crippen LogP contribution in [-0.2, 0) is 0 Å². The van der Waals surface area contributed by atoms with Gasteiger partial charge in [-0.1, -0.05) is 18.7 Å². The van der Waals surface area contributed by atoms with Crippen LogP contribution in [0.15, 0.2) is 37.1 Å². The zero-order chi connectivity index (χ0) is 8.97. The van der Waals surface area contributed by atoms with Gasteiger partial charge in [-0.3, -0.25) is 4.79 Å². The highest BCUT2D eigenvalue weighted by Gasteiger charge is 2.05. The number of hydrogen-bond donors (Lipinski definition) is 0. The summed E-state index contributed by atoms with van der Waals surface area (Å²) in [5, 5.41) is 0. The molecule has 12 heavy (non-hydrogen) atoms. The van der Waals surface area contributed by atoms with E-state index in [0.29, 0.717) is 11.3 Å². The van der Waals surface area contributed by atoms with Crippen LogP contribution in [0.2, 0.25) is 0 Å². The quantitative estimate of drug-likeness (QED) is 0.504. The first-order chi connectivity index (χ1) is 5.75. The van der Waals surface area contributed by atoms with Crippen molar-refractivity contribution >= 4 is 5.78 Å². The van der Waals surface area contributed by atoms with Crippen LogP contribution in [0, 0.1) is 0 Å². The molecule has 2 nitrogen and oxygen atoms in total. The van der Waals surface area contributed by atoms with Crippen molar-refractivity contribution in [1.29, 1.82) is 0 Å². The number of carbonyl (C=O) groups excluding carboxylic acids is 1. The summed E-state index contributed by atoms with van der Waals surface area (Å²) in [6.07, 6.45) is 1.31. The summed E-state index contributed by atoms with van der Waals surface area (Å²) < 4.78 is 5.04. The predicted octanol–water partition coefficient (Wildman–Crippen LogP) is 2.41. The lowest BCUT2D eigenvalue weighted by Crippen LogP contribution is -1.95. The molecule has 0 radical (unpaired) electrons. The van der Waals surface area contributed by atoms with Crippen molar-refractivity contribution in [3.63, 3.8) is 0 Å². The third-order valence-electron chi connectivity index (χ3n) is 1.48. The molecule has 0 aliphatic rings. The lowest BCUT2D eigenvalue weighted by molar-refractivity contribution is 0.101. The molecule has 0 fully saturated rings. The summed E-state index contributed by atoms with van der Waals surface area (Å²) in [5.41, 5.74) is 0.581. The molecule has 0 aromatic heterocycles. The maximum Gasteiger partial charge on any atom is 0.163 e. The Balaban J connectivity index is 3.07. The first-order valence-corrected chi connectivity index (χ1v) is 3.63. The number of ketones is 1. The van der Waals surface area contributed by atoms with Gasteiger partial charge in [-0.05, 0) is 19.1 Å². The Labute approximate surface area is 71.5 Å². The second-order valence-corrected chi connectivity index (χ2v) is 2.34. The van der Waals surface area contributed by atoms with E-state index >= 15 is 0 Å². The first kappa shape index (κ1) is 8.53. The molecule has 0 unspecified atom stereocenters. The van der Waals surface area contributed by atoms with Crippen LogP contribution in [0.3, 0.4) is 0 Å². The third-order valence-corrected chi connectivity index (χ3v) is 1.48. The highest BCUT2D eigenvalue weighted by atomic mass is 16.5. The Morgan fingerprint density at radius 1 is 1.50 bits per heavy atom. The topological polar surface area (TPSA) is 26.3 Å². The number of para-hydroxylation sites is 1. The number of carbonyl (C=O) groups is 1. The minimum atomic E-state index is -0.00699. The van der Waals surface area contributed by atoms with E-state index in [0.717, 1.165) is 0 Å². The van der Waals surface area contributed by atoms with Gasteiger partial charge in [0.05, 0.1) is 11.8 Å². The fraction of sp³-hybridized carbons (Fsp3) is 0.100. The maximum atomic E-state index is 11.0. The van der Waals surface area contributed by atoms with Gasteiger partial charge in [0.1, 0.15) is 5.75 Å². The van der Waals surface area contributed by atoms with Crippen molar-refractivity contribution in [2.24, 2.45) is 0 Å². The standard InChI is InChI=1S/C10H10O2/c1-3-12-10-7-5-4-6-9(10)8(2)11/h3-7H,1H2,2H3. The highest BCUT2D eigenvalue weighted by Crippen LogP contribution is 2.18. The Hall–Kier alpha value is -1.57. The van der Waals surface area contributed by atoms with Gasteiger partial charge in [0, 0.05) is 0 Å². The molecule has 1 aromatic carbocycles. The van der Waals surface area contributed by atoms with Crippen molar-refractivity contribution < 1.29 is 9.53 Å². The fourth-order valence-corrected chi connectivity index (χ4v) is 0.950. The van der Waals surface area contributed by atoms with Gasteiger partial charge in [-0.25, -0.2) is 0 Å². The van der Waals surface area contributed by atoms with Crippen LogP contribution < -0.4 is 4.74 Å². The van der Waals surface area contributed by atoms with E-state index in [2.05, 4.69) is 6.58 Å². The van der Waals surface area contributed by atoms with Crippen LogP contribution in [0.5, 0.6) is 5.75 Å². The van der Waals surface area contributed by atoms with Gasteiger partial charge in [0.15, 0.2) is 5.78 Å². The van der Waals surface area contributed by atoms with Crippen molar-refractivity contribution in [2.75, 3.05) is 0 Å². The smallest absolute Gasteiger partial charge is 0.163 e. The number of Topliss-reactive ketones (excluding diaryl/α,β-unsaturated/α-hetero) is 1. The molecule has 0 amide bonds. The van der Waals surface area contributed by atoms with Crippen LogP contribution in [0.25, 0.3) is 0 Å². The molecule has 0 heterocycles. The van der Waals surface area contributed by atoms with E-state index in [1.54, 1.807) is 18.2 Å². The van der Waals surface area contributed by atoms with Crippen molar-refractivity contribution in [3.8, 4) is 5.75 Å². The molecule has 0 atom stereocenters. The van der Waals surface area contributed by atoms with Gasteiger partial charge in [0.25, 0.3) is 0 Å². The van der Waals surface area contributed by atoms with Crippen LogP contribution in [-0.4, -0.2) is 5.78 Å². The second kappa shape index (κ2) is 3.72. The van der Waals surface area contributed by atoms with E-state index in [4.69, 9.17) is 4.74 Å². The summed E-state index contributed by atoms with van der Waals surface area (Å²) in [4.78, 5) is 11.0. The number of hydrogen-bond acceptors (Lipinski definition) is 2. The maximum absolute atomic E-state index is 11.0. The summed E-state index contributed by atoms with van der Waals surface area (Å²) in [7, 11) is 0. The average molecular weight is 162 g/mol. The van der Waals surface area contributed by atoms with Crippen molar-refractivity contribution in [3.05, 3.63) is 42.7 Å². The van der Waals surface area contributed by atoms with Gasteiger partial charge in [0.2, 0.25) is 0 Å². The lowest BCUT2D eigenvalue weighted by Gasteiger charge is -2.03. The molecule has 62 valence electrons. The molecule has 0 saturated heterocycles. The Morgan fingerprint density at radius 3 is 2.75 bits per heavy atom. The Bertz CT molecular complexity index is 302. The van der Waals surface area contributed by atoms with Crippen LogP contribution >= 0.6 is 0 Å². The summed E-state index contributed by atoms with van der Waals surface area (Å²) in [6.45, 7) is 4.93. The van der Waals surface area contributed by atoms with E-state index < -0.39 is 0 Å². The predicted molar refractivity (Wildman–Crippen MR) is 47.3 cm³/mol. The number of ether oxygens (including phenoxy) is 1. The molecule has 0 spiro atoms. The molecule has 0 N–H and O–H groups in total. The van der Waals surface area contributed by atoms with Crippen LogP contribution in [0.4, 0.5) is 0 Å². The molecule has 2 heteroatoms. The van der Waals surface area contributed by atoms with E-state index in [1.165, 1.54) is 13.2 Å². The minimum Gasteiger partial charge on any atom is -0.465 e. The van der Waals surface area contributed by atoms with E-state index in [1.807, 2.05) is 6.07 Å². The zero-order valence-corrected chi connectivity index (χ0v) is 6.91. The van der Waals surface area contributed by atoms with Crippen molar-refractivity contribution in [2.45, 2.75) is 6.92 Å². The summed E-state index contributed by atoms with van der Waals surface area (Å²) in [5.74, 6) is 0.549. The Morgan fingerprint density at radius 2 is 2.17 bits per heavy atom. The third kappa shape index (κ3) is 1.72. The normalized spacial score (nSPS) is 9.08. The molecule has 0 saturated carbocycles. The number of benzene rings is 1. The van der Waals surface area contributed by atoms with Gasteiger partial charge < -0.3 is 4.74 Å². The molecule has 0 bridgehead atoms.